The monoisotopic (exact) mass is 164 g/mol. The topological polar surface area (TPSA) is 17.1 Å². The van der Waals surface area contributed by atoms with Crippen LogP contribution in [0.25, 0.3) is 5.43 Å². The third-order valence-electron chi connectivity index (χ3n) is 1.46. The van der Waals surface area contributed by atoms with Crippen LogP contribution in [0.4, 0.5) is 5.69 Å². The zero-order chi connectivity index (χ0) is 7.68. The summed E-state index contributed by atoms with van der Waals surface area (Å²) in [6, 6.07) is 8.13. The Morgan fingerprint density at radius 2 is 2.18 bits per heavy atom. The average Bonchev–Trinajstić information content (AvgIpc) is 2.04. The number of benzene rings is 1. The highest BCUT2D eigenvalue weighted by Crippen LogP contribution is 2.34. The van der Waals surface area contributed by atoms with Gasteiger partial charge in [0.2, 0.25) is 0 Å². The molecule has 0 unspecified atom stereocenters. The first kappa shape index (κ1) is 6.73. The van der Waals surface area contributed by atoms with Crippen LogP contribution in [0.15, 0.2) is 29.2 Å². The van der Waals surface area contributed by atoms with Crippen molar-refractivity contribution in [3.05, 3.63) is 29.7 Å². The van der Waals surface area contributed by atoms with Gasteiger partial charge in [-0.3, -0.25) is 4.68 Å². The standard InChI is InChI=1S/C8H8N2S/c1-10-6-11-8-5-3-2-4-7(8)9-10/h2-6H,1H3. The maximum Gasteiger partial charge on any atom is 0.198 e. The van der Waals surface area contributed by atoms with E-state index in [9.17, 15) is 0 Å². The maximum atomic E-state index is 4.30. The van der Waals surface area contributed by atoms with E-state index in [1.807, 2.05) is 35.5 Å². The second-order valence-electron chi connectivity index (χ2n) is 2.36. The summed E-state index contributed by atoms with van der Waals surface area (Å²) in [5.41, 5.74) is 7.35. The van der Waals surface area contributed by atoms with E-state index in [-0.39, 0.29) is 0 Å². The van der Waals surface area contributed by atoms with E-state index in [0.717, 1.165) is 5.69 Å². The van der Waals surface area contributed by atoms with Crippen molar-refractivity contribution in [1.82, 2.24) is 0 Å². The Labute approximate surface area is 69.9 Å². The van der Waals surface area contributed by atoms with Crippen molar-refractivity contribution in [2.24, 2.45) is 0 Å². The van der Waals surface area contributed by atoms with Crippen LogP contribution in [0, 0.1) is 0 Å². The molecule has 1 heterocycles. The summed E-state index contributed by atoms with van der Waals surface area (Å²) in [5, 5.41) is 0. The van der Waals surface area contributed by atoms with Gasteiger partial charge < -0.3 is 5.43 Å². The number of fused-ring (bicyclic) bond motifs is 1. The van der Waals surface area contributed by atoms with E-state index < -0.39 is 0 Å². The van der Waals surface area contributed by atoms with Gasteiger partial charge in [-0.05, 0) is 17.8 Å². The molecule has 1 aromatic carbocycles. The van der Waals surface area contributed by atoms with Crippen molar-refractivity contribution in [3.8, 4) is 0 Å². The number of rotatable bonds is 0. The van der Waals surface area contributed by atoms with Crippen LogP contribution in [-0.4, -0.2) is 17.3 Å². The minimum absolute atomic E-state index is 1.06. The zero-order valence-corrected chi connectivity index (χ0v) is 7.01. The molecule has 0 spiro atoms. The molecule has 0 atom stereocenters. The predicted molar refractivity (Wildman–Crippen MR) is 47.6 cm³/mol. The smallest absolute Gasteiger partial charge is 0.198 e. The van der Waals surface area contributed by atoms with E-state index in [2.05, 4.69) is 11.5 Å². The number of hydrogen-bond acceptors (Lipinski definition) is 1. The van der Waals surface area contributed by atoms with Gasteiger partial charge in [0, 0.05) is 4.90 Å². The molecule has 0 aromatic heterocycles. The van der Waals surface area contributed by atoms with E-state index in [1.54, 1.807) is 11.8 Å². The lowest BCUT2D eigenvalue weighted by Gasteiger charge is -2.21. The third-order valence-corrected chi connectivity index (χ3v) is 2.47. The predicted octanol–water partition coefficient (Wildman–Crippen LogP) is 2.38. The molecule has 0 saturated carbocycles. The lowest BCUT2D eigenvalue weighted by atomic mass is 10.3. The van der Waals surface area contributed by atoms with Gasteiger partial charge in [-0.2, -0.15) is 0 Å². The van der Waals surface area contributed by atoms with E-state index in [0.29, 0.717) is 0 Å². The third kappa shape index (κ3) is 1.24. The van der Waals surface area contributed by atoms with Crippen molar-refractivity contribution < 1.29 is 4.68 Å². The number of thioether (sulfide) groups is 1. The largest absolute Gasteiger partial charge is 0.409 e. The molecular weight excluding hydrogens is 156 g/mol. The molecule has 56 valence electrons. The van der Waals surface area contributed by atoms with Crippen molar-refractivity contribution >= 4 is 23.0 Å². The second kappa shape index (κ2) is 2.58. The Hall–Kier alpha value is -0.960. The van der Waals surface area contributed by atoms with Gasteiger partial charge in [0.05, 0.1) is 0 Å². The maximum absolute atomic E-state index is 4.30. The Balaban J connectivity index is 2.42. The fourth-order valence-corrected chi connectivity index (χ4v) is 1.67. The molecule has 0 saturated heterocycles. The fraction of sp³-hybridized carbons (Fsp3) is 0.125. The molecule has 1 aromatic rings. The van der Waals surface area contributed by atoms with Gasteiger partial charge in [-0.15, -0.1) is 0 Å². The number of hydrogen-bond donors (Lipinski definition) is 0. The molecule has 0 N–H and O–H groups in total. The van der Waals surface area contributed by atoms with Crippen LogP contribution in [0.5, 0.6) is 0 Å². The SMILES string of the molecule is C[N+]1=CSc2ccccc2[N-]1. The lowest BCUT2D eigenvalue weighted by Crippen LogP contribution is -2.01. The Morgan fingerprint density at radius 1 is 1.36 bits per heavy atom. The second-order valence-corrected chi connectivity index (χ2v) is 3.25. The van der Waals surface area contributed by atoms with Crippen LogP contribution >= 0.6 is 11.8 Å². The Kier molecular flexibility index (Phi) is 1.58. The lowest BCUT2D eigenvalue weighted by molar-refractivity contribution is -0.430. The first-order chi connectivity index (χ1) is 5.36. The van der Waals surface area contributed by atoms with Crippen molar-refractivity contribution in [2.75, 3.05) is 7.05 Å². The van der Waals surface area contributed by atoms with Crippen LogP contribution in [0.3, 0.4) is 0 Å². The molecule has 0 radical (unpaired) electrons. The Morgan fingerprint density at radius 3 is 3.09 bits per heavy atom. The normalized spacial score (nSPS) is 14.8. The average molecular weight is 164 g/mol. The summed E-state index contributed by atoms with van der Waals surface area (Å²) in [6.07, 6.45) is 0. The van der Waals surface area contributed by atoms with Crippen LogP contribution in [0.2, 0.25) is 0 Å². The van der Waals surface area contributed by atoms with Gasteiger partial charge in [-0.25, -0.2) is 0 Å². The van der Waals surface area contributed by atoms with Crippen LogP contribution in [0.1, 0.15) is 0 Å². The fourth-order valence-electron chi connectivity index (χ4n) is 0.966. The molecule has 11 heavy (non-hydrogen) atoms. The molecule has 3 heteroatoms. The van der Waals surface area contributed by atoms with Crippen molar-refractivity contribution in [2.45, 2.75) is 4.90 Å². The molecule has 1 aliphatic heterocycles. The van der Waals surface area contributed by atoms with Gasteiger partial charge in [0.25, 0.3) is 0 Å². The van der Waals surface area contributed by atoms with E-state index >= 15 is 0 Å². The minimum Gasteiger partial charge on any atom is -0.409 e. The van der Waals surface area contributed by atoms with Crippen LogP contribution < -0.4 is 0 Å². The first-order valence-electron chi connectivity index (χ1n) is 3.40. The van der Waals surface area contributed by atoms with Gasteiger partial charge in [-0.1, -0.05) is 23.9 Å². The summed E-state index contributed by atoms with van der Waals surface area (Å²) in [7, 11) is 1.93. The highest BCUT2D eigenvalue weighted by molar-refractivity contribution is 8.12. The molecular formula is C8H8N2S. The van der Waals surface area contributed by atoms with Gasteiger partial charge in [0.1, 0.15) is 7.05 Å². The quantitative estimate of drug-likeness (QED) is 0.538. The molecule has 2 nitrogen and oxygen atoms in total. The highest BCUT2D eigenvalue weighted by atomic mass is 32.2. The molecule has 0 amide bonds. The van der Waals surface area contributed by atoms with E-state index in [1.165, 1.54) is 4.90 Å². The molecule has 0 bridgehead atoms. The minimum atomic E-state index is 1.06. The highest BCUT2D eigenvalue weighted by Gasteiger charge is 2.01. The summed E-state index contributed by atoms with van der Waals surface area (Å²) < 4.78 is 1.83. The summed E-state index contributed by atoms with van der Waals surface area (Å²) in [5.74, 6) is 0. The molecule has 0 fully saturated rings. The summed E-state index contributed by atoms with van der Waals surface area (Å²) in [6.45, 7) is 0. The van der Waals surface area contributed by atoms with Gasteiger partial charge in [0.15, 0.2) is 5.55 Å². The van der Waals surface area contributed by atoms with Crippen LogP contribution in [-0.2, 0) is 0 Å². The van der Waals surface area contributed by atoms with Crippen molar-refractivity contribution in [1.29, 1.82) is 0 Å². The van der Waals surface area contributed by atoms with Crippen molar-refractivity contribution in [3.63, 3.8) is 0 Å². The molecule has 1 aliphatic rings. The summed E-state index contributed by atoms with van der Waals surface area (Å²) >= 11 is 1.70. The van der Waals surface area contributed by atoms with Gasteiger partial charge >= 0.3 is 0 Å². The molecule has 2 rings (SSSR count). The Bertz CT molecular complexity index is 307. The zero-order valence-electron chi connectivity index (χ0n) is 6.19. The molecule has 0 aliphatic carbocycles. The van der Waals surface area contributed by atoms with E-state index in [4.69, 9.17) is 0 Å². The number of nitrogens with zero attached hydrogens (tertiary/aromatic N) is 2. The summed E-state index contributed by atoms with van der Waals surface area (Å²) in [4.78, 5) is 1.23. The first-order valence-corrected chi connectivity index (χ1v) is 4.28.